The molecule has 2 rings (SSSR count). The van der Waals surface area contributed by atoms with Gasteiger partial charge in [-0.1, -0.05) is 0 Å². The van der Waals surface area contributed by atoms with Crippen LogP contribution in [0.15, 0.2) is 0 Å². The highest BCUT2D eigenvalue weighted by Crippen LogP contribution is 2.23. The fourth-order valence-corrected chi connectivity index (χ4v) is 2.76. The number of rotatable bonds is 3. The van der Waals surface area contributed by atoms with Crippen LogP contribution in [0.5, 0.6) is 0 Å². The van der Waals surface area contributed by atoms with Crippen LogP contribution < -0.4 is 5.32 Å². The molecular formula is C14H26N2O3. The number of carbonyl (C=O) groups is 1. The van der Waals surface area contributed by atoms with Gasteiger partial charge in [0, 0.05) is 32.3 Å². The molecule has 0 aromatic heterocycles. The normalized spacial score (nSPS) is 28.3. The maximum atomic E-state index is 11.8. The molecule has 2 fully saturated rings. The maximum absolute atomic E-state index is 11.8. The lowest BCUT2D eigenvalue weighted by molar-refractivity contribution is 0.000774. The first kappa shape index (κ1) is 14.6. The topological polar surface area (TPSA) is 50.8 Å². The van der Waals surface area contributed by atoms with Crippen LogP contribution in [0.25, 0.3) is 0 Å². The van der Waals surface area contributed by atoms with Crippen LogP contribution in [-0.2, 0) is 9.47 Å². The first-order valence-electron chi connectivity index (χ1n) is 7.16. The third-order valence-corrected chi connectivity index (χ3v) is 3.74. The molecule has 0 radical (unpaired) electrons. The molecule has 0 bridgehead atoms. The average molecular weight is 270 g/mol. The van der Waals surface area contributed by atoms with E-state index in [4.69, 9.17) is 9.47 Å². The fourth-order valence-electron chi connectivity index (χ4n) is 2.76. The molecule has 1 heterocycles. The van der Waals surface area contributed by atoms with Crippen molar-refractivity contribution in [1.29, 1.82) is 0 Å². The molecule has 0 aromatic carbocycles. The minimum atomic E-state index is -0.414. The summed E-state index contributed by atoms with van der Waals surface area (Å²) in [5.74, 6) is 0. The second kappa shape index (κ2) is 5.67. The van der Waals surface area contributed by atoms with E-state index >= 15 is 0 Å². The Morgan fingerprint density at radius 2 is 1.95 bits per heavy atom. The number of amides is 1. The zero-order chi connectivity index (χ0) is 14.0. The van der Waals surface area contributed by atoms with Crippen LogP contribution in [0.1, 0.15) is 40.0 Å². The van der Waals surface area contributed by atoms with Crippen LogP contribution >= 0.6 is 0 Å². The van der Waals surface area contributed by atoms with E-state index in [0.717, 1.165) is 19.5 Å². The Hall–Kier alpha value is -0.810. The fraction of sp³-hybridized carbons (Fsp3) is 0.929. The SMILES string of the molecule is COC1CCCC1NC1CN(C(=O)OC(C)(C)C)C1. The monoisotopic (exact) mass is 270 g/mol. The average Bonchev–Trinajstić information content (AvgIpc) is 2.66. The lowest BCUT2D eigenvalue weighted by atomic mass is 10.1. The summed E-state index contributed by atoms with van der Waals surface area (Å²) in [6.45, 7) is 7.15. The first-order chi connectivity index (χ1) is 8.89. The number of hydrogen-bond donors (Lipinski definition) is 1. The van der Waals surface area contributed by atoms with Gasteiger partial charge in [0.05, 0.1) is 6.10 Å². The summed E-state index contributed by atoms with van der Waals surface area (Å²) in [5, 5.41) is 3.59. The number of nitrogens with zero attached hydrogens (tertiary/aromatic N) is 1. The van der Waals surface area contributed by atoms with E-state index in [-0.39, 0.29) is 6.09 Å². The summed E-state index contributed by atoms with van der Waals surface area (Å²) in [6, 6.07) is 0.823. The Morgan fingerprint density at radius 1 is 1.26 bits per heavy atom. The molecule has 1 amide bonds. The standard InChI is InChI=1S/C14H26N2O3/c1-14(2,3)19-13(17)16-8-10(9-16)15-11-6-5-7-12(11)18-4/h10-12,15H,5-9H2,1-4H3. The van der Waals surface area contributed by atoms with Crippen LogP contribution in [0.3, 0.4) is 0 Å². The van der Waals surface area contributed by atoms with Gasteiger partial charge in [0.15, 0.2) is 0 Å². The van der Waals surface area contributed by atoms with E-state index in [2.05, 4.69) is 5.32 Å². The molecule has 19 heavy (non-hydrogen) atoms. The molecular weight excluding hydrogens is 244 g/mol. The van der Waals surface area contributed by atoms with Crippen molar-refractivity contribution in [3.8, 4) is 0 Å². The molecule has 0 spiro atoms. The van der Waals surface area contributed by atoms with Crippen molar-refractivity contribution in [2.75, 3.05) is 20.2 Å². The van der Waals surface area contributed by atoms with E-state index in [0.29, 0.717) is 18.2 Å². The molecule has 0 aromatic rings. The molecule has 5 heteroatoms. The number of carbonyl (C=O) groups excluding carboxylic acids is 1. The smallest absolute Gasteiger partial charge is 0.410 e. The predicted molar refractivity (Wildman–Crippen MR) is 73.2 cm³/mol. The summed E-state index contributed by atoms with van der Waals surface area (Å²) in [6.07, 6.45) is 3.65. The van der Waals surface area contributed by atoms with Crippen LogP contribution in [-0.4, -0.2) is 55.0 Å². The summed E-state index contributed by atoms with van der Waals surface area (Å²) in [4.78, 5) is 13.5. The van der Waals surface area contributed by atoms with Gasteiger partial charge in [-0.05, 0) is 40.0 Å². The minimum absolute atomic E-state index is 0.208. The Labute approximate surface area is 115 Å². The summed E-state index contributed by atoms with van der Waals surface area (Å²) >= 11 is 0. The highest BCUT2D eigenvalue weighted by atomic mass is 16.6. The van der Waals surface area contributed by atoms with Gasteiger partial charge in [-0.2, -0.15) is 0 Å². The first-order valence-corrected chi connectivity index (χ1v) is 7.16. The predicted octanol–water partition coefficient (Wildman–Crippen LogP) is 1.76. The van der Waals surface area contributed by atoms with E-state index in [9.17, 15) is 4.79 Å². The van der Waals surface area contributed by atoms with E-state index < -0.39 is 5.60 Å². The summed E-state index contributed by atoms with van der Waals surface area (Å²) in [5.41, 5.74) is -0.414. The van der Waals surface area contributed by atoms with Gasteiger partial charge >= 0.3 is 6.09 Å². The van der Waals surface area contributed by atoms with Crippen molar-refractivity contribution in [3.63, 3.8) is 0 Å². The molecule has 1 saturated carbocycles. The maximum Gasteiger partial charge on any atom is 0.410 e. The van der Waals surface area contributed by atoms with Crippen molar-refractivity contribution in [3.05, 3.63) is 0 Å². The van der Waals surface area contributed by atoms with Gasteiger partial charge in [-0.3, -0.25) is 0 Å². The van der Waals surface area contributed by atoms with Crippen LogP contribution in [0, 0.1) is 0 Å². The van der Waals surface area contributed by atoms with Crippen molar-refractivity contribution >= 4 is 6.09 Å². The van der Waals surface area contributed by atoms with Gasteiger partial charge in [0.2, 0.25) is 0 Å². The van der Waals surface area contributed by atoms with Gasteiger partial charge in [0.1, 0.15) is 5.60 Å². The second-order valence-corrected chi connectivity index (χ2v) is 6.56. The number of likely N-dealkylation sites (tertiary alicyclic amines) is 1. The molecule has 1 aliphatic carbocycles. The minimum Gasteiger partial charge on any atom is -0.444 e. The molecule has 2 aliphatic rings. The lowest BCUT2D eigenvalue weighted by Gasteiger charge is -2.42. The van der Waals surface area contributed by atoms with Gasteiger partial charge < -0.3 is 19.7 Å². The largest absolute Gasteiger partial charge is 0.444 e. The molecule has 2 atom stereocenters. The van der Waals surface area contributed by atoms with Crippen molar-refractivity contribution in [2.24, 2.45) is 0 Å². The van der Waals surface area contributed by atoms with Crippen molar-refractivity contribution in [2.45, 2.75) is 63.8 Å². The van der Waals surface area contributed by atoms with Gasteiger partial charge in [0.25, 0.3) is 0 Å². The quantitative estimate of drug-likeness (QED) is 0.849. The van der Waals surface area contributed by atoms with Crippen LogP contribution in [0.4, 0.5) is 4.79 Å². The Morgan fingerprint density at radius 3 is 2.53 bits per heavy atom. The molecule has 1 aliphatic heterocycles. The molecule has 110 valence electrons. The van der Waals surface area contributed by atoms with E-state index in [1.54, 1.807) is 12.0 Å². The summed E-state index contributed by atoms with van der Waals surface area (Å²) < 4.78 is 10.8. The number of hydrogen-bond acceptors (Lipinski definition) is 4. The zero-order valence-corrected chi connectivity index (χ0v) is 12.4. The van der Waals surface area contributed by atoms with Crippen LogP contribution in [0.2, 0.25) is 0 Å². The second-order valence-electron chi connectivity index (χ2n) is 6.56. The summed E-state index contributed by atoms with van der Waals surface area (Å²) in [7, 11) is 1.78. The number of nitrogens with one attached hydrogen (secondary N) is 1. The molecule has 5 nitrogen and oxygen atoms in total. The number of methoxy groups -OCH3 is 1. The Kier molecular flexibility index (Phi) is 4.36. The highest BCUT2D eigenvalue weighted by Gasteiger charge is 2.37. The molecule has 1 saturated heterocycles. The van der Waals surface area contributed by atoms with Crippen molar-refractivity contribution < 1.29 is 14.3 Å². The molecule has 2 unspecified atom stereocenters. The number of ether oxygens (including phenoxy) is 2. The third kappa shape index (κ3) is 3.83. The highest BCUT2D eigenvalue weighted by molar-refractivity contribution is 5.69. The van der Waals surface area contributed by atoms with Crippen molar-refractivity contribution in [1.82, 2.24) is 10.2 Å². The zero-order valence-electron chi connectivity index (χ0n) is 12.4. The van der Waals surface area contributed by atoms with Gasteiger partial charge in [-0.25, -0.2) is 4.79 Å². The van der Waals surface area contributed by atoms with Gasteiger partial charge in [-0.15, -0.1) is 0 Å². The third-order valence-electron chi connectivity index (χ3n) is 3.74. The lowest BCUT2D eigenvalue weighted by Crippen LogP contribution is -2.63. The van der Waals surface area contributed by atoms with E-state index in [1.165, 1.54) is 12.8 Å². The molecule has 1 N–H and O–H groups in total. The Bertz CT molecular complexity index is 321. The van der Waals surface area contributed by atoms with E-state index in [1.807, 2.05) is 20.8 Å². The Balaban J connectivity index is 1.70.